The van der Waals surface area contributed by atoms with Crippen molar-refractivity contribution in [3.05, 3.63) is 18.0 Å². The summed E-state index contributed by atoms with van der Waals surface area (Å²) >= 11 is 0. The smallest absolute Gasteiger partial charge is 0.150 e. The normalized spacial score (nSPS) is 26.6. The molecule has 5 nitrogen and oxygen atoms in total. The van der Waals surface area contributed by atoms with Gasteiger partial charge in [0.2, 0.25) is 0 Å². The van der Waals surface area contributed by atoms with Crippen molar-refractivity contribution in [2.45, 2.75) is 26.3 Å². The van der Waals surface area contributed by atoms with E-state index in [1.165, 1.54) is 0 Å². The zero-order chi connectivity index (χ0) is 13.2. The maximum absolute atomic E-state index is 11.7. The summed E-state index contributed by atoms with van der Waals surface area (Å²) < 4.78 is 25.3. The quantitative estimate of drug-likeness (QED) is 0.845. The lowest BCUT2D eigenvalue weighted by atomic mass is 9.82. The highest BCUT2D eigenvalue weighted by Crippen LogP contribution is 2.35. The van der Waals surface area contributed by atoms with E-state index in [2.05, 4.69) is 10.4 Å². The van der Waals surface area contributed by atoms with Gasteiger partial charge in [0.05, 0.1) is 17.7 Å². The maximum Gasteiger partial charge on any atom is 0.150 e. The van der Waals surface area contributed by atoms with Crippen molar-refractivity contribution < 1.29 is 8.42 Å². The summed E-state index contributed by atoms with van der Waals surface area (Å²) in [6.45, 7) is 3.63. The molecule has 0 radical (unpaired) electrons. The van der Waals surface area contributed by atoms with E-state index in [1.807, 2.05) is 31.0 Å². The van der Waals surface area contributed by atoms with Crippen LogP contribution in [-0.2, 0) is 22.8 Å². The highest BCUT2D eigenvalue weighted by atomic mass is 32.2. The van der Waals surface area contributed by atoms with Gasteiger partial charge in [-0.3, -0.25) is 4.68 Å². The molecule has 0 aliphatic carbocycles. The van der Waals surface area contributed by atoms with E-state index in [0.717, 1.165) is 31.5 Å². The summed E-state index contributed by atoms with van der Waals surface area (Å²) in [6, 6.07) is 0. The number of aryl methyl sites for hydroxylation is 1. The van der Waals surface area contributed by atoms with Crippen LogP contribution in [-0.4, -0.2) is 43.3 Å². The van der Waals surface area contributed by atoms with E-state index in [1.54, 1.807) is 0 Å². The van der Waals surface area contributed by atoms with Crippen LogP contribution in [0, 0.1) is 5.41 Å². The van der Waals surface area contributed by atoms with E-state index in [-0.39, 0.29) is 11.2 Å². The molecular weight excluding hydrogens is 250 g/mol. The molecule has 1 aliphatic heterocycles. The number of sulfone groups is 1. The number of aromatic nitrogens is 2. The van der Waals surface area contributed by atoms with Crippen molar-refractivity contribution in [3.8, 4) is 0 Å². The van der Waals surface area contributed by atoms with Crippen molar-refractivity contribution >= 4 is 9.84 Å². The van der Waals surface area contributed by atoms with Gasteiger partial charge < -0.3 is 5.32 Å². The Morgan fingerprint density at radius 2 is 2.33 bits per heavy atom. The predicted octanol–water partition coefficient (Wildman–Crippen LogP) is 0.470. The number of nitrogens with zero attached hydrogens (tertiary/aromatic N) is 2. The van der Waals surface area contributed by atoms with Crippen molar-refractivity contribution in [1.82, 2.24) is 15.1 Å². The molecule has 1 fully saturated rings. The number of hydrogen-bond acceptors (Lipinski definition) is 4. The molecule has 1 aromatic heterocycles. The molecule has 0 saturated carbocycles. The lowest BCUT2D eigenvalue weighted by molar-refractivity contribution is 0.321. The lowest BCUT2D eigenvalue weighted by Gasteiger charge is -2.26. The van der Waals surface area contributed by atoms with Crippen LogP contribution >= 0.6 is 0 Å². The first kappa shape index (κ1) is 13.5. The summed E-state index contributed by atoms with van der Waals surface area (Å²) in [5, 5.41) is 7.39. The van der Waals surface area contributed by atoms with E-state index in [0.29, 0.717) is 5.75 Å². The standard InChI is InChI=1S/C12H21N3O2S/c1-3-15-8-11(7-14-15)6-12(9-13-2)4-5-18(16,17)10-12/h7-8,13H,3-6,9-10H2,1-2H3. The van der Waals surface area contributed by atoms with Crippen LogP contribution < -0.4 is 5.32 Å². The lowest BCUT2D eigenvalue weighted by Crippen LogP contribution is -2.35. The summed E-state index contributed by atoms with van der Waals surface area (Å²) in [5.74, 6) is 0.606. The van der Waals surface area contributed by atoms with Crippen molar-refractivity contribution in [3.63, 3.8) is 0 Å². The average Bonchev–Trinajstić information content (AvgIpc) is 2.85. The van der Waals surface area contributed by atoms with Crippen LogP contribution in [0.3, 0.4) is 0 Å². The molecule has 102 valence electrons. The fourth-order valence-electron chi connectivity index (χ4n) is 2.80. The molecule has 1 N–H and O–H groups in total. The minimum Gasteiger partial charge on any atom is -0.319 e. The Morgan fingerprint density at radius 3 is 2.83 bits per heavy atom. The molecule has 1 aromatic rings. The molecule has 2 heterocycles. The molecule has 0 spiro atoms. The Bertz CT molecular complexity index is 509. The van der Waals surface area contributed by atoms with Gasteiger partial charge in [0, 0.05) is 24.7 Å². The summed E-state index contributed by atoms with van der Waals surface area (Å²) in [6.07, 6.45) is 5.40. The molecule has 0 bridgehead atoms. The number of rotatable bonds is 5. The second kappa shape index (κ2) is 5.01. The van der Waals surface area contributed by atoms with Crippen molar-refractivity contribution in [2.75, 3.05) is 25.1 Å². The van der Waals surface area contributed by atoms with Gasteiger partial charge in [-0.15, -0.1) is 0 Å². The van der Waals surface area contributed by atoms with Gasteiger partial charge in [-0.25, -0.2) is 8.42 Å². The first-order valence-electron chi connectivity index (χ1n) is 6.35. The SMILES string of the molecule is CCn1cc(CC2(CNC)CCS(=O)(=O)C2)cn1. The van der Waals surface area contributed by atoms with E-state index >= 15 is 0 Å². The third-order valence-electron chi connectivity index (χ3n) is 3.61. The molecule has 1 atom stereocenters. The van der Waals surface area contributed by atoms with Crippen LogP contribution in [0.5, 0.6) is 0 Å². The predicted molar refractivity (Wildman–Crippen MR) is 71.2 cm³/mol. The Balaban J connectivity index is 2.16. The van der Waals surface area contributed by atoms with Gasteiger partial charge in [-0.1, -0.05) is 0 Å². The van der Waals surface area contributed by atoms with E-state index in [4.69, 9.17) is 0 Å². The van der Waals surface area contributed by atoms with Crippen LogP contribution in [0.15, 0.2) is 12.4 Å². The summed E-state index contributed by atoms with van der Waals surface area (Å²) in [7, 11) is -0.985. The van der Waals surface area contributed by atoms with Crippen LogP contribution in [0.4, 0.5) is 0 Å². The molecule has 0 aromatic carbocycles. The maximum atomic E-state index is 11.7. The molecule has 18 heavy (non-hydrogen) atoms. The molecule has 2 rings (SSSR count). The Kier molecular flexibility index (Phi) is 3.77. The first-order valence-corrected chi connectivity index (χ1v) is 8.17. The van der Waals surface area contributed by atoms with Gasteiger partial charge in [0.25, 0.3) is 0 Å². The molecule has 0 amide bonds. The van der Waals surface area contributed by atoms with Gasteiger partial charge >= 0.3 is 0 Å². The summed E-state index contributed by atoms with van der Waals surface area (Å²) in [4.78, 5) is 0. The van der Waals surface area contributed by atoms with Crippen LogP contribution in [0.25, 0.3) is 0 Å². The zero-order valence-electron chi connectivity index (χ0n) is 11.0. The second-order valence-corrected chi connectivity index (χ2v) is 7.44. The minimum atomic E-state index is -2.86. The highest BCUT2D eigenvalue weighted by Gasteiger charge is 2.41. The third kappa shape index (κ3) is 2.92. The van der Waals surface area contributed by atoms with Crippen molar-refractivity contribution in [2.24, 2.45) is 5.41 Å². The fourth-order valence-corrected chi connectivity index (χ4v) is 4.97. The van der Waals surface area contributed by atoms with Gasteiger partial charge in [-0.2, -0.15) is 5.10 Å². The van der Waals surface area contributed by atoms with Crippen LogP contribution in [0.1, 0.15) is 18.9 Å². The van der Waals surface area contributed by atoms with Gasteiger partial charge in [-0.05, 0) is 32.4 Å². The number of hydrogen-bond donors (Lipinski definition) is 1. The van der Waals surface area contributed by atoms with Crippen molar-refractivity contribution in [1.29, 1.82) is 0 Å². The second-order valence-electron chi connectivity index (χ2n) is 5.25. The van der Waals surface area contributed by atoms with Gasteiger partial charge in [0.15, 0.2) is 9.84 Å². The molecule has 1 saturated heterocycles. The van der Waals surface area contributed by atoms with Gasteiger partial charge in [0.1, 0.15) is 0 Å². The third-order valence-corrected chi connectivity index (χ3v) is 5.49. The number of nitrogens with one attached hydrogen (secondary N) is 1. The Morgan fingerprint density at radius 1 is 1.56 bits per heavy atom. The molecular formula is C12H21N3O2S. The minimum absolute atomic E-state index is 0.158. The molecule has 1 unspecified atom stereocenters. The largest absolute Gasteiger partial charge is 0.319 e. The monoisotopic (exact) mass is 271 g/mol. The average molecular weight is 271 g/mol. The Labute approximate surface area is 108 Å². The first-order chi connectivity index (χ1) is 8.49. The van der Waals surface area contributed by atoms with E-state index in [9.17, 15) is 8.42 Å². The van der Waals surface area contributed by atoms with Crippen LogP contribution in [0.2, 0.25) is 0 Å². The topological polar surface area (TPSA) is 64.0 Å². The Hall–Kier alpha value is -0.880. The fraction of sp³-hybridized carbons (Fsp3) is 0.750. The highest BCUT2D eigenvalue weighted by molar-refractivity contribution is 7.91. The molecule has 1 aliphatic rings. The summed E-state index contributed by atoms with van der Waals surface area (Å²) in [5.41, 5.74) is 0.971. The van der Waals surface area contributed by atoms with E-state index < -0.39 is 9.84 Å². The molecule has 6 heteroatoms. The zero-order valence-corrected chi connectivity index (χ0v) is 11.8.